The van der Waals surface area contributed by atoms with Gasteiger partial charge in [0.2, 0.25) is 89.0 Å². The molecule has 4 aliphatic rings. The Morgan fingerprint density at radius 1 is 0.602 bits per heavy atom. The number of hydrogen-bond donors (Lipinski definition) is 22. The van der Waals surface area contributed by atoms with E-state index in [1.165, 1.54) is 10.6 Å². The molecule has 41 heteroatoms. The minimum atomic E-state index is -2.04. The number of carbonyl (C=O) groups is 15. The van der Waals surface area contributed by atoms with Crippen LogP contribution >= 0.6 is 0 Å². The lowest BCUT2D eigenvalue weighted by Gasteiger charge is -2.34. The number of nitrogens with two attached hydrogens (primary N) is 1. The molecule has 23 N–H and O–H groups in total. The third kappa shape index (κ3) is 24.2. The van der Waals surface area contributed by atoms with E-state index >= 15 is 0 Å². The van der Waals surface area contributed by atoms with Crippen molar-refractivity contribution in [3.63, 3.8) is 0 Å². The Labute approximate surface area is 557 Å². The van der Waals surface area contributed by atoms with Gasteiger partial charge in [-0.25, -0.2) is 14.9 Å². The van der Waals surface area contributed by atoms with E-state index in [-0.39, 0.29) is 130 Å². The summed E-state index contributed by atoms with van der Waals surface area (Å²) in [5.41, 5.74) is 4.74. The van der Waals surface area contributed by atoms with E-state index in [4.69, 9.17) is 10.8 Å². The number of amides is 13. The number of rotatable bonds is 36. The average molecular weight is 1390 g/mol. The first-order valence-corrected chi connectivity index (χ1v) is 31.0. The van der Waals surface area contributed by atoms with Gasteiger partial charge < -0.3 is 110 Å². The van der Waals surface area contributed by atoms with Crippen LogP contribution in [-0.2, 0) is 71.9 Å². The van der Waals surface area contributed by atoms with Gasteiger partial charge >= 0.3 is 5.97 Å². The highest BCUT2D eigenvalue weighted by Gasteiger charge is 2.38. The van der Waals surface area contributed by atoms with Gasteiger partial charge in [0.05, 0.1) is 44.4 Å². The average Bonchev–Trinajstić information content (AvgIpc) is 0.749. The summed E-state index contributed by atoms with van der Waals surface area (Å²) in [6, 6.07) is -13.9. The van der Waals surface area contributed by atoms with Gasteiger partial charge in [-0.3, -0.25) is 82.3 Å². The number of unbranched alkanes of at least 4 members (excludes halogenated alkanes) is 1. The molecule has 1 aliphatic carbocycles. The molecule has 0 radical (unpaired) electrons. The lowest BCUT2D eigenvalue weighted by atomic mass is 10.0. The number of pyridine rings is 1. The fourth-order valence-corrected chi connectivity index (χ4v) is 10.0. The maximum absolute atomic E-state index is 14.2. The molecule has 0 aromatic heterocycles. The third-order valence-corrected chi connectivity index (χ3v) is 15.4. The zero-order chi connectivity index (χ0) is 72.8. The molecule has 3 heterocycles. The van der Waals surface area contributed by atoms with Crippen LogP contribution in [0.15, 0.2) is 23.0 Å². The van der Waals surface area contributed by atoms with Crippen LogP contribution in [0.25, 0.3) is 11.3 Å². The lowest BCUT2D eigenvalue weighted by Crippen LogP contribution is -2.62. The minimum absolute atomic E-state index is 0.00340. The van der Waals surface area contributed by atoms with Crippen molar-refractivity contribution in [3.8, 4) is 17.0 Å². The second kappa shape index (κ2) is 40.5. The van der Waals surface area contributed by atoms with Gasteiger partial charge in [-0.2, -0.15) is 0 Å². The fourth-order valence-electron chi connectivity index (χ4n) is 10.0. The standard InChI is InChI=1S/C57H84N16O25/c58-14-3-1-7-30-50(88)66-35(22-74)47(85)60-15-4-2-8-31(48(86)63-32(49(87)62-30)9-5-17-71(97)27-79)64-52(90)36(23-75)68-54(92)38(25-77)67-51(89)33(10-6-18-72(98)28-80)65-53(91)37(24-76)69-55(93)39(26-78)70-56(94)40-13-16-59-46-34(61-45(84)12-11-42(81)57(95)96)19-29-20-43(82)44(83)21-41(29)73(40)46/h19-21,27-28,30-33,35-40,59,74-78,82,97-98H,1-18,22-26,58H2,(H,60,85)(H,61,84)(H,62,87)(H,63,86)(H,64,90)(H,65,91)(H,66,88)(H,67,89)(H,68,92)(H,69,93)(H,70,94)(H,95,96). The Bertz CT molecular complexity index is 3210. The number of aliphatic hydroxyl groups excluding tert-OH is 5. The number of carbonyl (C=O) groups excluding carboxylic acids is 14. The molecule has 10 atom stereocenters. The van der Waals surface area contributed by atoms with Crippen molar-refractivity contribution in [2.45, 2.75) is 144 Å². The van der Waals surface area contributed by atoms with E-state index in [1.54, 1.807) is 0 Å². The quantitative estimate of drug-likeness (QED) is 0.00990. The first-order chi connectivity index (χ1) is 46.7. The maximum Gasteiger partial charge on any atom is 0.372 e. The van der Waals surface area contributed by atoms with Crippen LogP contribution in [0.4, 0.5) is 11.5 Å². The van der Waals surface area contributed by atoms with Crippen molar-refractivity contribution in [1.29, 1.82) is 0 Å². The molecule has 1 fully saturated rings. The fraction of sp³-hybridized carbons (Fsp3) is 0.579. The molecule has 10 unspecified atom stereocenters. The summed E-state index contributed by atoms with van der Waals surface area (Å²) in [5.74, 6) is -16.0. The van der Waals surface area contributed by atoms with Crippen molar-refractivity contribution in [2.24, 2.45) is 5.73 Å². The zero-order valence-corrected chi connectivity index (χ0v) is 52.9. The number of carboxylic acid groups (broad SMARTS) is 1. The summed E-state index contributed by atoms with van der Waals surface area (Å²) in [7, 11) is 0. The molecule has 4 rings (SSSR count). The van der Waals surface area contributed by atoms with Gasteiger partial charge in [0.15, 0.2) is 5.75 Å². The van der Waals surface area contributed by atoms with Crippen LogP contribution in [0.2, 0.25) is 0 Å². The normalized spacial score (nSPS) is 19.0. The Morgan fingerprint density at radius 3 is 1.69 bits per heavy atom. The Hall–Kier alpha value is -10.0. The molecule has 3 aliphatic heterocycles. The summed E-state index contributed by atoms with van der Waals surface area (Å²) in [6.45, 7) is -6.43. The summed E-state index contributed by atoms with van der Waals surface area (Å²) in [6.07, 6.45) is -2.00. The largest absolute Gasteiger partial charge is 0.504 e. The van der Waals surface area contributed by atoms with Crippen LogP contribution in [0.1, 0.15) is 89.5 Å². The Morgan fingerprint density at radius 2 is 1.13 bits per heavy atom. The number of hydroxylamine groups is 4. The highest BCUT2D eigenvalue weighted by Crippen LogP contribution is 2.40. The van der Waals surface area contributed by atoms with Gasteiger partial charge in [0.1, 0.15) is 66.2 Å². The monoisotopic (exact) mass is 1390 g/mol. The Kier molecular flexibility index (Phi) is 33.2. The molecule has 41 nitrogen and oxygen atoms in total. The van der Waals surface area contributed by atoms with E-state index in [9.17, 15) is 118 Å². The number of phenolic OH excluding ortho intramolecular Hbond substituents is 1. The molecule has 1 saturated heterocycles. The number of aliphatic carboxylic acids is 1. The molecular weight excluding hydrogens is 1310 g/mol. The van der Waals surface area contributed by atoms with Gasteiger partial charge in [-0.05, 0) is 89.3 Å². The second-order valence-electron chi connectivity index (χ2n) is 22.5. The number of Topliss-reactive ketones (excluding diaryl/α,β-unsaturated/α-hetero) is 1. The predicted octanol–water partition coefficient (Wildman–Crippen LogP) is -9.60. The smallest absolute Gasteiger partial charge is 0.372 e. The van der Waals surface area contributed by atoms with E-state index < -0.39 is 207 Å². The third-order valence-electron chi connectivity index (χ3n) is 15.4. The number of nitrogens with zero attached hydrogens (tertiary/aromatic N) is 3. The van der Waals surface area contributed by atoms with Crippen molar-refractivity contribution in [2.75, 3.05) is 76.4 Å². The summed E-state index contributed by atoms with van der Waals surface area (Å²) in [4.78, 5) is 209. The number of ketones is 1. The topological polar surface area (TPSA) is 637 Å². The molecule has 0 bridgehead atoms. The van der Waals surface area contributed by atoms with Crippen LogP contribution < -0.4 is 75.0 Å². The number of nitrogens with one attached hydrogen (secondary N) is 12. The van der Waals surface area contributed by atoms with Crippen LogP contribution in [0.5, 0.6) is 5.75 Å². The number of benzene rings is 1. The lowest BCUT2D eigenvalue weighted by molar-refractivity contribution is -0.150. The number of aromatic hydroxyl groups is 1. The summed E-state index contributed by atoms with van der Waals surface area (Å²) in [5, 5.41) is 119. The summed E-state index contributed by atoms with van der Waals surface area (Å²) < 4.78 is 1.23. The maximum atomic E-state index is 14.2. The molecule has 0 aromatic carbocycles. The van der Waals surface area contributed by atoms with Crippen LogP contribution in [-0.4, -0.2) is 271 Å². The van der Waals surface area contributed by atoms with E-state index in [0.717, 1.165) is 12.1 Å². The number of phenols is 1. The minimum Gasteiger partial charge on any atom is -0.504 e. The summed E-state index contributed by atoms with van der Waals surface area (Å²) >= 11 is 0. The van der Waals surface area contributed by atoms with Gasteiger partial charge in [0.25, 0.3) is 0 Å². The molecule has 542 valence electrons. The molecule has 13 amide bonds. The Balaban J connectivity index is 1.53. The van der Waals surface area contributed by atoms with Gasteiger partial charge in [0, 0.05) is 50.7 Å². The van der Waals surface area contributed by atoms with E-state index in [0.29, 0.717) is 6.42 Å². The molecular formula is C57H84N16O25. The SMILES string of the molecule is NCCCCC1NC(=O)C(CCCN(O)C=O)NC(=O)C(NC(=O)C(CO)NC(=O)C(CO)NC(=O)C(CCCN(O)C=O)NC(=O)C(CO)NC(=O)C(CO)NC(=O)C2CCNc3c(NC(=O)CCC(=O)C(=O)O)cc4cc(O)c(=O)cc-4n32)CCCCNC(=O)C(CO)NC1=O. The molecule has 0 aromatic rings. The number of anilines is 2. The zero-order valence-electron chi connectivity index (χ0n) is 52.9. The van der Waals surface area contributed by atoms with Crippen LogP contribution in [0.3, 0.4) is 0 Å². The first kappa shape index (κ1) is 80.4. The number of carboxylic acids is 1. The van der Waals surface area contributed by atoms with E-state index in [1.807, 2.05) is 0 Å². The molecule has 0 saturated carbocycles. The van der Waals surface area contributed by atoms with Crippen molar-refractivity contribution in [3.05, 3.63) is 28.4 Å². The number of aliphatic hydroxyl groups is 5. The molecule has 98 heavy (non-hydrogen) atoms. The van der Waals surface area contributed by atoms with Gasteiger partial charge in [-0.1, -0.05) is 0 Å². The highest BCUT2D eigenvalue weighted by atomic mass is 16.5. The van der Waals surface area contributed by atoms with Crippen molar-refractivity contribution >= 4 is 101 Å². The van der Waals surface area contributed by atoms with Crippen molar-refractivity contribution < 1.29 is 118 Å². The van der Waals surface area contributed by atoms with Gasteiger partial charge in [-0.15, -0.1) is 0 Å². The van der Waals surface area contributed by atoms with Crippen molar-refractivity contribution in [1.82, 2.24) is 67.9 Å². The van der Waals surface area contributed by atoms with E-state index in [2.05, 4.69) is 63.8 Å². The molecule has 0 spiro atoms. The predicted molar refractivity (Wildman–Crippen MR) is 332 cm³/mol. The first-order valence-electron chi connectivity index (χ1n) is 31.0. The number of hydrogen-bond acceptors (Lipinski definition) is 26. The number of aromatic nitrogens is 1. The number of fused-ring (bicyclic) bond motifs is 3. The second-order valence-corrected chi connectivity index (χ2v) is 22.5. The van der Waals surface area contributed by atoms with Crippen LogP contribution in [0, 0.1) is 0 Å². The highest BCUT2D eigenvalue weighted by molar-refractivity contribution is 6.33.